The summed E-state index contributed by atoms with van der Waals surface area (Å²) in [5, 5.41) is 14.0. The lowest BCUT2D eigenvalue weighted by Crippen LogP contribution is -2.46. The van der Waals surface area contributed by atoms with E-state index < -0.39 is 30.2 Å². The number of ether oxygens (including phenoxy) is 3. The summed E-state index contributed by atoms with van der Waals surface area (Å²) in [5.41, 5.74) is 4.48. The lowest BCUT2D eigenvalue weighted by molar-refractivity contribution is -0.140. The van der Waals surface area contributed by atoms with E-state index in [1.54, 1.807) is 0 Å². The largest absolute Gasteiger partial charge is 0.481 e. The molecule has 0 saturated carbocycles. The van der Waals surface area contributed by atoms with Gasteiger partial charge in [-0.25, -0.2) is 4.79 Å². The van der Waals surface area contributed by atoms with Crippen molar-refractivity contribution in [3.05, 3.63) is 59.7 Å². The van der Waals surface area contributed by atoms with E-state index in [0.29, 0.717) is 0 Å². The molecule has 0 aromatic heterocycles. The van der Waals surface area contributed by atoms with Gasteiger partial charge in [-0.2, -0.15) is 0 Å². The fraction of sp³-hybridized carbons (Fsp3) is 0.375. The van der Waals surface area contributed by atoms with Crippen molar-refractivity contribution >= 4 is 18.0 Å². The van der Waals surface area contributed by atoms with Gasteiger partial charge in [0.1, 0.15) is 6.61 Å². The molecule has 0 aliphatic heterocycles. The Morgan fingerprint density at radius 3 is 2.06 bits per heavy atom. The second-order valence-corrected chi connectivity index (χ2v) is 7.63. The third kappa shape index (κ3) is 6.09. The molecule has 0 saturated heterocycles. The number of rotatable bonds is 11. The molecule has 0 bridgehead atoms. The van der Waals surface area contributed by atoms with Crippen LogP contribution in [0.4, 0.5) is 4.79 Å². The number of hydrogen-bond acceptors (Lipinski definition) is 6. The fourth-order valence-electron chi connectivity index (χ4n) is 3.87. The van der Waals surface area contributed by atoms with Crippen molar-refractivity contribution in [1.29, 1.82) is 0 Å². The average molecular weight is 456 g/mol. The number of amides is 2. The molecule has 2 atom stereocenters. The molecule has 2 aromatic carbocycles. The minimum atomic E-state index is -1.03. The second kappa shape index (κ2) is 11.4. The van der Waals surface area contributed by atoms with Crippen LogP contribution >= 0.6 is 0 Å². The van der Waals surface area contributed by atoms with Crippen LogP contribution in [0.1, 0.15) is 23.5 Å². The van der Waals surface area contributed by atoms with Crippen molar-refractivity contribution in [2.75, 3.05) is 33.9 Å². The maximum absolute atomic E-state index is 12.3. The number of benzene rings is 2. The molecule has 9 heteroatoms. The molecule has 2 amide bonds. The van der Waals surface area contributed by atoms with Crippen molar-refractivity contribution in [2.45, 2.75) is 24.5 Å². The summed E-state index contributed by atoms with van der Waals surface area (Å²) in [6, 6.07) is 16.1. The molecular formula is C24H28N2O7. The van der Waals surface area contributed by atoms with E-state index >= 15 is 0 Å². The predicted molar refractivity (Wildman–Crippen MR) is 120 cm³/mol. The first-order valence-corrected chi connectivity index (χ1v) is 10.6. The molecule has 176 valence electrons. The molecule has 2 unspecified atom stereocenters. The maximum atomic E-state index is 12.3. The maximum Gasteiger partial charge on any atom is 0.407 e. The van der Waals surface area contributed by atoms with E-state index in [9.17, 15) is 14.4 Å². The number of carboxylic acid groups (broad SMARTS) is 1. The monoisotopic (exact) mass is 456 g/mol. The van der Waals surface area contributed by atoms with E-state index in [1.807, 2.05) is 36.4 Å². The summed E-state index contributed by atoms with van der Waals surface area (Å²) in [5.74, 6) is -1.59. The van der Waals surface area contributed by atoms with Gasteiger partial charge in [-0.15, -0.1) is 0 Å². The summed E-state index contributed by atoms with van der Waals surface area (Å²) in [6.07, 6.45) is -2.54. The Labute approximate surface area is 192 Å². The van der Waals surface area contributed by atoms with Gasteiger partial charge in [0.2, 0.25) is 0 Å². The Hall–Kier alpha value is -3.43. The standard InChI is InChI=1S/C24H28N2O7/c1-31-15(11-22(27)28)12-25-23(29)21(32-2)13-26-24(30)33-14-20-18-9-5-3-7-16(18)17-8-4-6-10-19(17)20/h3-10,15,20-21H,11-14H2,1-2H3,(H,25,29)(H,26,30)(H,27,28). The molecule has 3 rings (SSSR count). The molecule has 9 nitrogen and oxygen atoms in total. The molecule has 1 aliphatic rings. The van der Waals surface area contributed by atoms with Crippen molar-refractivity contribution < 1.29 is 33.7 Å². The molecule has 2 aromatic rings. The van der Waals surface area contributed by atoms with Gasteiger partial charge in [0, 0.05) is 26.7 Å². The summed E-state index contributed by atoms with van der Waals surface area (Å²) >= 11 is 0. The van der Waals surface area contributed by atoms with Crippen LogP contribution in [0.25, 0.3) is 11.1 Å². The number of fused-ring (bicyclic) bond motifs is 3. The van der Waals surface area contributed by atoms with E-state index in [1.165, 1.54) is 14.2 Å². The molecule has 3 N–H and O–H groups in total. The fourth-order valence-corrected chi connectivity index (χ4v) is 3.87. The molecule has 0 radical (unpaired) electrons. The van der Waals surface area contributed by atoms with Gasteiger partial charge in [0.15, 0.2) is 6.10 Å². The highest BCUT2D eigenvalue weighted by atomic mass is 16.5. The molecule has 0 heterocycles. The smallest absolute Gasteiger partial charge is 0.407 e. The molecular weight excluding hydrogens is 428 g/mol. The van der Waals surface area contributed by atoms with Crippen LogP contribution in [0.2, 0.25) is 0 Å². The van der Waals surface area contributed by atoms with Crippen molar-refractivity contribution in [3.8, 4) is 11.1 Å². The first-order chi connectivity index (χ1) is 15.9. The highest BCUT2D eigenvalue weighted by molar-refractivity contribution is 5.82. The Bertz CT molecular complexity index is 949. The zero-order chi connectivity index (χ0) is 23.8. The van der Waals surface area contributed by atoms with Gasteiger partial charge in [-0.1, -0.05) is 48.5 Å². The third-order valence-corrected chi connectivity index (χ3v) is 5.59. The van der Waals surface area contributed by atoms with Gasteiger partial charge in [-0.05, 0) is 22.3 Å². The quantitative estimate of drug-likeness (QED) is 0.473. The lowest BCUT2D eigenvalue weighted by Gasteiger charge is -2.19. The minimum absolute atomic E-state index is 0.00639. The number of hydrogen-bond donors (Lipinski definition) is 3. The summed E-state index contributed by atoms with van der Waals surface area (Å²) in [7, 11) is 2.71. The van der Waals surface area contributed by atoms with Crippen LogP contribution in [-0.4, -0.2) is 69.2 Å². The van der Waals surface area contributed by atoms with Gasteiger partial charge in [0.05, 0.1) is 19.1 Å². The van der Waals surface area contributed by atoms with Crippen molar-refractivity contribution in [1.82, 2.24) is 10.6 Å². The summed E-state index contributed by atoms with van der Waals surface area (Å²) < 4.78 is 15.6. The van der Waals surface area contributed by atoms with Crippen LogP contribution < -0.4 is 10.6 Å². The second-order valence-electron chi connectivity index (χ2n) is 7.63. The van der Waals surface area contributed by atoms with E-state index in [4.69, 9.17) is 19.3 Å². The summed E-state index contributed by atoms with van der Waals surface area (Å²) in [6.45, 7) is 0.0659. The van der Waals surface area contributed by atoms with Gasteiger partial charge in [0.25, 0.3) is 5.91 Å². The van der Waals surface area contributed by atoms with Gasteiger partial charge in [-0.3, -0.25) is 9.59 Å². The molecule has 1 aliphatic carbocycles. The number of aliphatic carboxylic acids is 1. The van der Waals surface area contributed by atoms with Crippen molar-refractivity contribution in [2.24, 2.45) is 0 Å². The van der Waals surface area contributed by atoms with Crippen molar-refractivity contribution in [3.63, 3.8) is 0 Å². The van der Waals surface area contributed by atoms with E-state index in [-0.39, 0.29) is 32.0 Å². The lowest BCUT2D eigenvalue weighted by atomic mass is 9.98. The molecule has 0 fully saturated rings. The van der Waals surface area contributed by atoms with Crippen LogP contribution in [0, 0.1) is 0 Å². The zero-order valence-corrected chi connectivity index (χ0v) is 18.6. The highest BCUT2D eigenvalue weighted by Crippen LogP contribution is 2.44. The first kappa shape index (κ1) is 24.2. The number of nitrogens with one attached hydrogen (secondary N) is 2. The average Bonchev–Trinajstić information content (AvgIpc) is 3.14. The Balaban J connectivity index is 1.50. The first-order valence-electron chi connectivity index (χ1n) is 10.6. The van der Waals surface area contributed by atoms with Gasteiger partial charge < -0.3 is 30.0 Å². The third-order valence-electron chi connectivity index (χ3n) is 5.59. The number of alkyl carbamates (subject to hydrolysis) is 1. The van der Waals surface area contributed by atoms with Crippen LogP contribution in [0.3, 0.4) is 0 Å². The topological polar surface area (TPSA) is 123 Å². The zero-order valence-electron chi connectivity index (χ0n) is 18.6. The Kier molecular flexibility index (Phi) is 8.39. The number of carbonyl (C=O) groups is 3. The van der Waals surface area contributed by atoms with Gasteiger partial charge >= 0.3 is 12.1 Å². The predicted octanol–water partition coefficient (Wildman–Crippen LogP) is 2.15. The molecule has 0 spiro atoms. The van der Waals surface area contributed by atoms with Crippen LogP contribution in [-0.2, 0) is 23.8 Å². The van der Waals surface area contributed by atoms with Crippen LogP contribution in [0.5, 0.6) is 0 Å². The summed E-state index contributed by atoms with van der Waals surface area (Å²) in [4.78, 5) is 35.4. The Morgan fingerprint density at radius 1 is 0.909 bits per heavy atom. The number of carbonyl (C=O) groups excluding carboxylic acids is 2. The normalized spacial score (nSPS) is 14.0. The minimum Gasteiger partial charge on any atom is -0.481 e. The Morgan fingerprint density at radius 2 is 1.52 bits per heavy atom. The number of carboxylic acids is 1. The van der Waals surface area contributed by atoms with E-state index in [2.05, 4.69) is 22.8 Å². The SMILES string of the molecule is COC(CNC(=O)C(CNC(=O)OCC1c2ccccc2-c2ccccc21)OC)CC(=O)O. The molecule has 33 heavy (non-hydrogen) atoms. The van der Waals surface area contributed by atoms with E-state index in [0.717, 1.165) is 22.3 Å². The number of methoxy groups -OCH3 is 2. The highest BCUT2D eigenvalue weighted by Gasteiger charge is 2.29. The van der Waals surface area contributed by atoms with Crippen LogP contribution in [0.15, 0.2) is 48.5 Å².